The minimum atomic E-state index is -0.127. The van der Waals surface area contributed by atoms with E-state index in [1.54, 1.807) is 11.8 Å². The fourth-order valence-corrected chi connectivity index (χ4v) is 2.69. The molecule has 1 aromatic heterocycles. The molecule has 2 aromatic rings. The Morgan fingerprint density at radius 3 is 2.57 bits per heavy atom. The van der Waals surface area contributed by atoms with Gasteiger partial charge in [-0.15, -0.1) is 5.10 Å². The van der Waals surface area contributed by atoms with Crippen LogP contribution in [-0.4, -0.2) is 52.2 Å². The van der Waals surface area contributed by atoms with Crippen LogP contribution in [-0.2, 0) is 0 Å². The van der Waals surface area contributed by atoms with Crippen LogP contribution < -0.4 is 4.90 Å². The SMILES string of the molecule is Cc1nc(C(=O)N2CCN(c3ccccc3Cl)CC2)n[nH]1. The highest BCUT2D eigenvalue weighted by Crippen LogP contribution is 2.26. The second-order valence-corrected chi connectivity index (χ2v) is 5.38. The van der Waals surface area contributed by atoms with Crippen molar-refractivity contribution >= 4 is 23.2 Å². The van der Waals surface area contributed by atoms with Crippen LogP contribution in [0.4, 0.5) is 5.69 Å². The van der Waals surface area contributed by atoms with Crippen LogP contribution in [0, 0.1) is 6.92 Å². The van der Waals surface area contributed by atoms with Gasteiger partial charge in [-0.2, -0.15) is 0 Å². The van der Waals surface area contributed by atoms with E-state index in [-0.39, 0.29) is 11.7 Å². The summed E-state index contributed by atoms with van der Waals surface area (Å²) >= 11 is 6.21. The van der Waals surface area contributed by atoms with E-state index in [0.29, 0.717) is 18.9 Å². The smallest absolute Gasteiger partial charge is 0.293 e. The van der Waals surface area contributed by atoms with Gasteiger partial charge in [-0.05, 0) is 19.1 Å². The number of aromatic nitrogens is 3. The summed E-state index contributed by atoms with van der Waals surface area (Å²) in [5.74, 6) is 0.755. The molecule has 1 amide bonds. The van der Waals surface area contributed by atoms with E-state index in [4.69, 9.17) is 11.6 Å². The van der Waals surface area contributed by atoms with Crippen LogP contribution in [0.15, 0.2) is 24.3 Å². The molecule has 0 unspecified atom stereocenters. The molecule has 0 spiro atoms. The maximum Gasteiger partial charge on any atom is 0.293 e. The number of rotatable bonds is 2. The van der Waals surface area contributed by atoms with Gasteiger partial charge in [0, 0.05) is 26.2 Å². The molecular formula is C14H16ClN5O. The number of carbonyl (C=O) groups is 1. The van der Waals surface area contributed by atoms with E-state index in [1.165, 1.54) is 0 Å². The number of amides is 1. The van der Waals surface area contributed by atoms with Gasteiger partial charge < -0.3 is 9.80 Å². The summed E-state index contributed by atoms with van der Waals surface area (Å²) in [6, 6.07) is 7.76. The first-order chi connectivity index (χ1) is 10.1. The van der Waals surface area contributed by atoms with Crippen molar-refractivity contribution in [3.05, 3.63) is 40.9 Å². The Kier molecular flexibility index (Phi) is 3.79. The summed E-state index contributed by atoms with van der Waals surface area (Å²) in [4.78, 5) is 20.3. The van der Waals surface area contributed by atoms with Crippen LogP contribution >= 0.6 is 11.6 Å². The van der Waals surface area contributed by atoms with Crippen LogP contribution in [0.2, 0.25) is 5.02 Å². The number of aromatic amines is 1. The minimum Gasteiger partial charge on any atom is -0.367 e. The van der Waals surface area contributed by atoms with E-state index in [2.05, 4.69) is 20.1 Å². The standard InChI is InChI=1S/C14H16ClN5O/c1-10-16-13(18-17-10)14(21)20-8-6-19(7-9-20)12-5-3-2-4-11(12)15/h2-5H,6-9H2,1H3,(H,16,17,18). The highest BCUT2D eigenvalue weighted by Gasteiger charge is 2.25. The number of H-pyrrole nitrogens is 1. The third kappa shape index (κ3) is 2.85. The number of carbonyl (C=O) groups excluding carboxylic acids is 1. The number of nitrogens with one attached hydrogen (secondary N) is 1. The molecule has 6 nitrogen and oxygen atoms in total. The van der Waals surface area contributed by atoms with Crippen LogP contribution in [0.3, 0.4) is 0 Å². The fraction of sp³-hybridized carbons (Fsp3) is 0.357. The van der Waals surface area contributed by atoms with Gasteiger partial charge >= 0.3 is 0 Å². The van der Waals surface area contributed by atoms with Crippen molar-refractivity contribution in [2.45, 2.75) is 6.92 Å². The summed E-state index contributed by atoms with van der Waals surface area (Å²) in [5.41, 5.74) is 1.01. The molecule has 1 aliphatic heterocycles. The maximum atomic E-state index is 12.3. The Labute approximate surface area is 127 Å². The first-order valence-electron chi connectivity index (χ1n) is 6.83. The van der Waals surface area contributed by atoms with Crippen LogP contribution in [0.1, 0.15) is 16.4 Å². The second kappa shape index (κ2) is 5.73. The van der Waals surface area contributed by atoms with E-state index in [9.17, 15) is 4.79 Å². The minimum absolute atomic E-state index is 0.127. The van der Waals surface area contributed by atoms with Gasteiger partial charge in [0.2, 0.25) is 5.82 Å². The second-order valence-electron chi connectivity index (χ2n) is 4.98. The van der Waals surface area contributed by atoms with Crippen LogP contribution in [0.5, 0.6) is 0 Å². The number of benzene rings is 1. The predicted octanol–water partition coefficient (Wildman–Crippen LogP) is 1.73. The van der Waals surface area contributed by atoms with Crippen molar-refractivity contribution in [1.82, 2.24) is 20.1 Å². The molecule has 1 saturated heterocycles. The molecule has 1 aromatic carbocycles. The lowest BCUT2D eigenvalue weighted by molar-refractivity contribution is 0.0735. The van der Waals surface area contributed by atoms with Gasteiger partial charge in [-0.25, -0.2) is 4.98 Å². The molecule has 0 saturated carbocycles. The molecule has 7 heteroatoms. The summed E-state index contributed by atoms with van der Waals surface area (Å²) in [7, 11) is 0. The molecule has 1 N–H and O–H groups in total. The molecule has 1 aliphatic rings. The molecule has 0 aliphatic carbocycles. The Morgan fingerprint density at radius 2 is 1.95 bits per heavy atom. The zero-order valence-corrected chi connectivity index (χ0v) is 12.5. The third-order valence-corrected chi connectivity index (χ3v) is 3.87. The highest BCUT2D eigenvalue weighted by atomic mass is 35.5. The lowest BCUT2D eigenvalue weighted by atomic mass is 10.2. The van der Waals surface area contributed by atoms with Gasteiger partial charge in [-0.1, -0.05) is 23.7 Å². The van der Waals surface area contributed by atoms with Gasteiger partial charge in [0.25, 0.3) is 5.91 Å². The summed E-state index contributed by atoms with van der Waals surface area (Å²) in [6.45, 7) is 4.55. The van der Waals surface area contributed by atoms with E-state index >= 15 is 0 Å². The maximum absolute atomic E-state index is 12.3. The number of para-hydroxylation sites is 1. The number of aryl methyl sites for hydroxylation is 1. The molecule has 0 atom stereocenters. The predicted molar refractivity (Wildman–Crippen MR) is 80.7 cm³/mol. The van der Waals surface area contributed by atoms with Gasteiger partial charge in [0.15, 0.2) is 0 Å². The molecule has 21 heavy (non-hydrogen) atoms. The first-order valence-corrected chi connectivity index (χ1v) is 7.20. The topological polar surface area (TPSA) is 65.1 Å². The lowest BCUT2D eigenvalue weighted by Crippen LogP contribution is -2.49. The summed E-state index contributed by atoms with van der Waals surface area (Å²) in [5, 5.41) is 7.35. The van der Waals surface area contributed by atoms with Gasteiger partial charge in [0.05, 0.1) is 10.7 Å². The zero-order valence-electron chi connectivity index (χ0n) is 11.7. The molecule has 0 radical (unpaired) electrons. The number of nitrogens with zero attached hydrogens (tertiary/aromatic N) is 4. The number of hydrogen-bond donors (Lipinski definition) is 1. The molecular weight excluding hydrogens is 290 g/mol. The number of halogens is 1. The average molecular weight is 306 g/mol. The van der Waals surface area contributed by atoms with Crippen molar-refractivity contribution < 1.29 is 4.79 Å². The average Bonchev–Trinajstić information content (AvgIpc) is 2.94. The van der Waals surface area contributed by atoms with Gasteiger partial charge in [-0.3, -0.25) is 9.89 Å². The van der Waals surface area contributed by atoms with E-state index < -0.39 is 0 Å². The Hall–Kier alpha value is -2.08. The summed E-state index contributed by atoms with van der Waals surface area (Å²) in [6.07, 6.45) is 0. The Bertz CT molecular complexity index is 648. The van der Waals surface area contributed by atoms with Crippen molar-refractivity contribution in [2.75, 3.05) is 31.1 Å². The third-order valence-electron chi connectivity index (χ3n) is 3.55. The normalized spacial score (nSPS) is 15.3. The van der Waals surface area contributed by atoms with E-state index in [0.717, 1.165) is 23.8 Å². The van der Waals surface area contributed by atoms with Gasteiger partial charge in [0.1, 0.15) is 5.82 Å². The molecule has 1 fully saturated rings. The Balaban J connectivity index is 1.65. The number of anilines is 1. The fourth-order valence-electron chi connectivity index (χ4n) is 2.44. The van der Waals surface area contributed by atoms with E-state index in [1.807, 2.05) is 24.3 Å². The molecule has 3 rings (SSSR count). The quantitative estimate of drug-likeness (QED) is 0.917. The molecule has 0 bridgehead atoms. The first kappa shape index (κ1) is 13.9. The summed E-state index contributed by atoms with van der Waals surface area (Å²) < 4.78 is 0. The van der Waals surface area contributed by atoms with Crippen molar-refractivity contribution in [3.8, 4) is 0 Å². The zero-order chi connectivity index (χ0) is 14.8. The number of hydrogen-bond acceptors (Lipinski definition) is 4. The number of piperazine rings is 1. The van der Waals surface area contributed by atoms with Crippen molar-refractivity contribution in [1.29, 1.82) is 0 Å². The largest absolute Gasteiger partial charge is 0.367 e. The van der Waals surface area contributed by atoms with Crippen molar-refractivity contribution in [3.63, 3.8) is 0 Å². The highest BCUT2D eigenvalue weighted by molar-refractivity contribution is 6.33. The molecule has 110 valence electrons. The lowest BCUT2D eigenvalue weighted by Gasteiger charge is -2.36. The van der Waals surface area contributed by atoms with Crippen molar-refractivity contribution in [2.24, 2.45) is 0 Å². The molecule has 2 heterocycles. The monoisotopic (exact) mass is 305 g/mol. The Morgan fingerprint density at radius 1 is 1.24 bits per heavy atom. The van der Waals surface area contributed by atoms with Crippen LogP contribution in [0.25, 0.3) is 0 Å².